The van der Waals surface area contributed by atoms with Gasteiger partial charge < -0.3 is 16.0 Å². The van der Waals surface area contributed by atoms with Crippen LogP contribution in [0, 0.1) is 5.92 Å². The predicted octanol–water partition coefficient (Wildman–Crippen LogP) is 1.69. The number of benzene rings is 1. The van der Waals surface area contributed by atoms with Gasteiger partial charge in [-0.1, -0.05) is 23.7 Å². The van der Waals surface area contributed by atoms with E-state index in [2.05, 4.69) is 5.32 Å². The molecule has 2 amide bonds. The number of hydrogen-bond donors (Lipinski definition) is 2. The quantitative estimate of drug-likeness (QED) is 0.889. The lowest BCUT2D eigenvalue weighted by molar-refractivity contribution is -0.129. The third-order valence-electron chi connectivity index (χ3n) is 4.51. The van der Waals surface area contributed by atoms with E-state index in [-0.39, 0.29) is 23.8 Å². The van der Waals surface area contributed by atoms with Crippen LogP contribution in [0.25, 0.3) is 0 Å². The third-order valence-corrected chi connectivity index (χ3v) is 4.83. The first kappa shape index (κ1) is 15.3. The Labute approximate surface area is 134 Å². The van der Waals surface area contributed by atoms with Crippen LogP contribution in [0.2, 0.25) is 5.02 Å². The lowest BCUT2D eigenvalue weighted by atomic mass is 10.1. The van der Waals surface area contributed by atoms with E-state index in [4.69, 9.17) is 17.3 Å². The zero-order valence-electron chi connectivity index (χ0n) is 12.3. The first-order chi connectivity index (χ1) is 10.6. The summed E-state index contributed by atoms with van der Waals surface area (Å²) in [5.74, 6) is -0.201. The molecule has 2 fully saturated rings. The number of amides is 2. The standard InChI is InChI=1S/C16H20ClN3O2/c17-12-3-1-2-4-14(12)20-8-7-13(16(20)22)19-15(21)10-5-6-11(18)9-10/h1-4,10-11,13H,5-9,18H2,(H,19,21)/t10-,11+,13-/m0/s1. The molecule has 2 aliphatic rings. The second-order valence-corrected chi connectivity index (χ2v) is 6.47. The molecule has 1 aromatic carbocycles. The van der Waals surface area contributed by atoms with Crippen LogP contribution in [0.1, 0.15) is 25.7 Å². The number of carbonyl (C=O) groups excluding carboxylic acids is 2. The van der Waals surface area contributed by atoms with Crippen molar-refractivity contribution in [2.24, 2.45) is 11.7 Å². The highest BCUT2D eigenvalue weighted by Crippen LogP contribution is 2.29. The molecule has 5 nitrogen and oxygen atoms in total. The Bertz CT molecular complexity index is 593. The topological polar surface area (TPSA) is 75.4 Å². The van der Waals surface area contributed by atoms with Gasteiger partial charge in [0.15, 0.2) is 0 Å². The van der Waals surface area contributed by atoms with Gasteiger partial charge in [-0.25, -0.2) is 0 Å². The average molecular weight is 322 g/mol. The van der Waals surface area contributed by atoms with Crippen LogP contribution in [-0.2, 0) is 9.59 Å². The number of rotatable bonds is 3. The number of halogens is 1. The molecule has 1 aliphatic heterocycles. The molecular formula is C16H20ClN3O2. The maximum atomic E-state index is 12.5. The van der Waals surface area contributed by atoms with Crippen LogP contribution in [-0.4, -0.2) is 30.4 Å². The zero-order chi connectivity index (χ0) is 15.7. The first-order valence-electron chi connectivity index (χ1n) is 7.68. The zero-order valence-corrected chi connectivity index (χ0v) is 13.1. The summed E-state index contributed by atoms with van der Waals surface area (Å²) >= 11 is 6.15. The SMILES string of the molecule is N[C@@H]1CC[C@H](C(=O)N[C@H]2CCN(c3ccccc3Cl)C2=O)C1. The maximum Gasteiger partial charge on any atom is 0.249 e. The fraction of sp³-hybridized carbons (Fsp3) is 0.500. The van der Waals surface area contributed by atoms with Crippen LogP contribution in [0.15, 0.2) is 24.3 Å². The summed E-state index contributed by atoms with van der Waals surface area (Å²) in [6, 6.07) is 6.90. The molecule has 1 saturated carbocycles. The van der Waals surface area contributed by atoms with Gasteiger partial charge in [-0.15, -0.1) is 0 Å². The van der Waals surface area contributed by atoms with E-state index in [9.17, 15) is 9.59 Å². The van der Waals surface area contributed by atoms with E-state index in [1.54, 1.807) is 11.0 Å². The van der Waals surface area contributed by atoms with Gasteiger partial charge in [0.1, 0.15) is 6.04 Å². The molecule has 0 radical (unpaired) electrons. The molecule has 1 heterocycles. The van der Waals surface area contributed by atoms with Crippen molar-refractivity contribution in [2.75, 3.05) is 11.4 Å². The Morgan fingerprint density at radius 1 is 1.27 bits per heavy atom. The predicted molar refractivity (Wildman–Crippen MR) is 85.7 cm³/mol. The lowest BCUT2D eigenvalue weighted by Crippen LogP contribution is -2.43. The minimum atomic E-state index is -0.458. The van der Waals surface area contributed by atoms with Crippen molar-refractivity contribution in [3.8, 4) is 0 Å². The molecule has 0 unspecified atom stereocenters. The molecule has 3 rings (SSSR count). The summed E-state index contributed by atoms with van der Waals surface area (Å²) in [4.78, 5) is 26.4. The first-order valence-corrected chi connectivity index (χ1v) is 8.06. The minimum Gasteiger partial charge on any atom is -0.344 e. The maximum absolute atomic E-state index is 12.5. The van der Waals surface area contributed by atoms with Gasteiger partial charge >= 0.3 is 0 Å². The summed E-state index contributed by atoms with van der Waals surface area (Å²) in [6.45, 7) is 0.567. The van der Waals surface area contributed by atoms with Crippen molar-refractivity contribution in [1.82, 2.24) is 5.32 Å². The summed E-state index contributed by atoms with van der Waals surface area (Å²) in [5.41, 5.74) is 6.55. The van der Waals surface area contributed by atoms with Crippen molar-refractivity contribution in [3.63, 3.8) is 0 Å². The van der Waals surface area contributed by atoms with E-state index in [0.29, 0.717) is 30.1 Å². The van der Waals surface area contributed by atoms with Crippen molar-refractivity contribution in [2.45, 2.75) is 37.8 Å². The van der Waals surface area contributed by atoms with Gasteiger partial charge in [0.25, 0.3) is 0 Å². The molecule has 3 atom stereocenters. The van der Waals surface area contributed by atoms with Crippen molar-refractivity contribution < 1.29 is 9.59 Å². The normalized spacial score (nSPS) is 28.2. The fourth-order valence-corrected chi connectivity index (χ4v) is 3.51. The Balaban J connectivity index is 1.64. The number of carbonyl (C=O) groups is 2. The molecule has 1 aliphatic carbocycles. The third kappa shape index (κ3) is 2.96. The highest BCUT2D eigenvalue weighted by Gasteiger charge is 2.36. The molecule has 0 aromatic heterocycles. The van der Waals surface area contributed by atoms with E-state index in [0.717, 1.165) is 12.8 Å². The lowest BCUT2D eigenvalue weighted by Gasteiger charge is -2.19. The van der Waals surface area contributed by atoms with E-state index in [1.807, 2.05) is 18.2 Å². The largest absolute Gasteiger partial charge is 0.344 e. The Morgan fingerprint density at radius 3 is 2.73 bits per heavy atom. The van der Waals surface area contributed by atoms with Gasteiger partial charge in [-0.2, -0.15) is 0 Å². The smallest absolute Gasteiger partial charge is 0.249 e. The summed E-state index contributed by atoms with van der Waals surface area (Å²) in [6.07, 6.45) is 3.00. The van der Waals surface area contributed by atoms with Crippen LogP contribution in [0.5, 0.6) is 0 Å². The highest BCUT2D eigenvalue weighted by atomic mass is 35.5. The van der Waals surface area contributed by atoms with Crippen molar-refractivity contribution in [1.29, 1.82) is 0 Å². The van der Waals surface area contributed by atoms with Crippen LogP contribution >= 0.6 is 11.6 Å². The van der Waals surface area contributed by atoms with Gasteiger partial charge in [0, 0.05) is 18.5 Å². The fourth-order valence-electron chi connectivity index (χ4n) is 3.27. The summed E-state index contributed by atoms with van der Waals surface area (Å²) in [5, 5.41) is 3.43. The summed E-state index contributed by atoms with van der Waals surface area (Å²) < 4.78 is 0. The average Bonchev–Trinajstić information content (AvgIpc) is 3.07. The number of nitrogens with one attached hydrogen (secondary N) is 1. The molecule has 118 valence electrons. The van der Waals surface area contributed by atoms with Crippen LogP contribution < -0.4 is 16.0 Å². The Hall–Kier alpha value is -1.59. The monoisotopic (exact) mass is 321 g/mol. The van der Waals surface area contributed by atoms with Gasteiger partial charge in [-0.05, 0) is 37.8 Å². The molecule has 0 spiro atoms. The van der Waals surface area contributed by atoms with Crippen molar-refractivity contribution >= 4 is 29.1 Å². The Morgan fingerprint density at radius 2 is 2.05 bits per heavy atom. The molecule has 6 heteroatoms. The van der Waals surface area contributed by atoms with Gasteiger partial charge in [0.2, 0.25) is 11.8 Å². The van der Waals surface area contributed by atoms with Crippen LogP contribution in [0.4, 0.5) is 5.69 Å². The number of nitrogens with two attached hydrogens (primary N) is 1. The number of nitrogens with zero attached hydrogens (tertiary/aromatic N) is 1. The van der Waals surface area contributed by atoms with E-state index < -0.39 is 6.04 Å². The van der Waals surface area contributed by atoms with E-state index >= 15 is 0 Å². The number of hydrogen-bond acceptors (Lipinski definition) is 3. The van der Waals surface area contributed by atoms with E-state index in [1.165, 1.54) is 0 Å². The van der Waals surface area contributed by atoms with Gasteiger partial charge in [-0.3, -0.25) is 9.59 Å². The molecule has 0 bridgehead atoms. The van der Waals surface area contributed by atoms with Crippen LogP contribution in [0.3, 0.4) is 0 Å². The Kier molecular flexibility index (Phi) is 4.36. The second-order valence-electron chi connectivity index (χ2n) is 6.06. The second kappa shape index (κ2) is 6.26. The molecule has 1 saturated heterocycles. The highest BCUT2D eigenvalue weighted by molar-refractivity contribution is 6.34. The number of para-hydroxylation sites is 1. The summed E-state index contributed by atoms with van der Waals surface area (Å²) in [7, 11) is 0. The molecular weight excluding hydrogens is 302 g/mol. The van der Waals surface area contributed by atoms with Crippen molar-refractivity contribution in [3.05, 3.63) is 29.3 Å². The molecule has 22 heavy (non-hydrogen) atoms. The van der Waals surface area contributed by atoms with Gasteiger partial charge in [0.05, 0.1) is 10.7 Å². The molecule has 3 N–H and O–H groups in total. The number of anilines is 1. The molecule has 1 aromatic rings. The minimum absolute atomic E-state index is 0.0488.